The molecule has 0 saturated heterocycles. The average Bonchev–Trinajstić information content (AvgIpc) is 2.43. The summed E-state index contributed by atoms with van der Waals surface area (Å²) in [5, 5.41) is 2.68. The van der Waals surface area contributed by atoms with Gasteiger partial charge in [-0.05, 0) is 36.8 Å². The van der Waals surface area contributed by atoms with Crippen molar-refractivity contribution in [3.63, 3.8) is 0 Å². The van der Waals surface area contributed by atoms with Gasteiger partial charge < -0.3 is 10.2 Å². The second-order valence-corrected chi connectivity index (χ2v) is 5.20. The van der Waals surface area contributed by atoms with E-state index in [2.05, 4.69) is 10.3 Å². The van der Waals surface area contributed by atoms with Crippen molar-refractivity contribution in [1.29, 1.82) is 0 Å². The third-order valence-corrected chi connectivity index (χ3v) is 3.33. The molecule has 1 heterocycles. The van der Waals surface area contributed by atoms with Crippen LogP contribution in [0, 0.1) is 12.7 Å². The van der Waals surface area contributed by atoms with E-state index in [9.17, 15) is 9.18 Å². The molecule has 0 radical (unpaired) electrons. The molecule has 0 fully saturated rings. The number of carbonyl (C=O) groups excluding carboxylic acids is 1. The lowest BCUT2D eigenvalue weighted by atomic mass is 10.1. The van der Waals surface area contributed by atoms with Gasteiger partial charge in [-0.1, -0.05) is 11.6 Å². The fourth-order valence-corrected chi connectivity index (χ4v) is 2.03. The molecule has 0 saturated carbocycles. The van der Waals surface area contributed by atoms with Crippen LogP contribution in [-0.4, -0.2) is 25.0 Å². The van der Waals surface area contributed by atoms with Crippen molar-refractivity contribution < 1.29 is 9.18 Å². The van der Waals surface area contributed by atoms with Gasteiger partial charge in [-0.2, -0.15) is 0 Å². The van der Waals surface area contributed by atoms with E-state index in [0.717, 1.165) is 23.5 Å². The van der Waals surface area contributed by atoms with Crippen LogP contribution in [0.1, 0.15) is 15.9 Å². The SMILES string of the molecule is Cc1cc(N(C)C)ccc1NC(=O)c1cc(F)cnc1Cl. The third-order valence-electron chi connectivity index (χ3n) is 3.02. The van der Waals surface area contributed by atoms with Crippen molar-refractivity contribution in [3.05, 3.63) is 52.6 Å². The highest BCUT2D eigenvalue weighted by Gasteiger charge is 2.14. The molecular weight excluding hydrogens is 293 g/mol. The molecular formula is C15H15ClFN3O. The Bertz CT molecular complexity index is 689. The molecule has 0 spiro atoms. The summed E-state index contributed by atoms with van der Waals surface area (Å²) >= 11 is 5.82. The number of hydrogen-bond acceptors (Lipinski definition) is 3. The van der Waals surface area contributed by atoms with E-state index in [1.165, 1.54) is 0 Å². The van der Waals surface area contributed by atoms with Crippen molar-refractivity contribution in [3.8, 4) is 0 Å². The fourth-order valence-electron chi connectivity index (χ4n) is 1.84. The number of amides is 1. The van der Waals surface area contributed by atoms with E-state index in [1.807, 2.05) is 38.1 Å². The van der Waals surface area contributed by atoms with Gasteiger partial charge in [0.2, 0.25) is 0 Å². The topological polar surface area (TPSA) is 45.2 Å². The number of halogens is 2. The van der Waals surface area contributed by atoms with Crippen molar-refractivity contribution in [2.45, 2.75) is 6.92 Å². The molecule has 0 aliphatic rings. The molecule has 21 heavy (non-hydrogen) atoms. The second-order valence-electron chi connectivity index (χ2n) is 4.84. The summed E-state index contributed by atoms with van der Waals surface area (Å²) in [4.78, 5) is 17.7. The first kappa shape index (κ1) is 15.3. The fraction of sp³-hybridized carbons (Fsp3) is 0.200. The minimum Gasteiger partial charge on any atom is -0.378 e. The zero-order valence-corrected chi connectivity index (χ0v) is 12.7. The predicted octanol–water partition coefficient (Wildman–Crippen LogP) is 3.50. The molecule has 6 heteroatoms. The summed E-state index contributed by atoms with van der Waals surface area (Å²) in [6.07, 6.45) is 0.968. The van der Waals surface area contributed by atoms with Crippen molar-refractivity contribution in [1.82, 2.24) is 4.98 Å². The van der Waals surface area contributed by atoms with Gasteiger partial charge in [0, 0.05) is 25.5 Å². The Balaban J connectivity index is 2.25. The zero-order valence-electron chi connectivity index (χ0n) is 11.9. The number of carbonyl (C=O) groups is 1. The number of hydrogen-bond donors (Lipinski definition) is 1. The van der Waals surface area contributed by atoms with E-state index in [1.54, 1.807) is 6.07 Å². The van der Waals surface area contributed by atoms with Gasteiger partial charge in [-0.3, -0.25) is 4.79 Å². The van der Waals surface area contributed by atoms with Crippen LogP contribution in [-0.2, 0) is 0 Å². The second kappa shape index (κ2) is 6.10. The van der Waals surface area contributed by atoms with Crippen LogP contribution >= 0.6 is 11.6 Å². The lowest BCUT2D eigenvalue weighted by Gasteiger charge is -2.15. The first-order valence-corrected chi connectivity index (χ1v) is 6.66. The first-order valence-electron chi connectivity index (χ1n) is 6.29. The van der Waals surface area contributed by atoms with Gasteiger partial charge in [0.05, 0.1) is 11.8 Å². The summed E-state index contributed by atoms with van der Waals surface area (Å²) < 4.78 is 13.2. The number of aromatic nitrogens is 1. The van der Waals surface area contributed by atoms with Crippen LogP contribution in [0.4, 0.5) is 15.8 Å². The molecule has 4 nitrogen and oxygen atoms in total. The van der Waals surface area contributed by atoms with Gasteiger partial charge in [0.1, 0.15) is 11.0 Å². The number of rotatable bonds is 3. The molecule has 1 aromatic heterocycles. The maximum atomic E-state index is 13.2. The van der Waals surface area contributed by atoms with E-state index < -0.39 is 11.7 Å². The number of benzene rings is 1. The molecule has 0 aliphatic carbocycles. The normalized spacial score (nSPS) is 10.3. The number of aryl methyl sites for hydroxylation is 1. The van der Waals surface area contributed by atoms with Gasteiger partial charge in [-0.25, -0.2) is 9.37 Å². The zero-order chi connectivity index (χ0) is 15.6. The van der Waals surface area contributed by atoms with Crippen LogP contribution in [0.25, 0.3) is 0 Å². The third kappa shape index (κ3) is 3.49. The Kier molecular flexibility index (Phi) is 4.43. The van der Waals surface area contributed by atoms with E-state index in [4.69, 9.17) is 11.6 Å². The van der Waals surface area contributed by atoms with Crippen LogP contribution in [0.3, 0.4) is 0 Å². The van der Waals surface area contributed by atoms with Gasteiger partial charge in [0.25, 0.3) is 5.91 Å². The minimum absolute atomic E-state index is 0.00718. The molecule has 0 atom stereocenters. The predicted molar refractivity (Wildman–Crippen MR) is 82.7 cm³/mol. The lowest BCUT2D eigenvalue weighted by Crippen LogP contribution is -2.15. The number of nitrogens with one attached hydrogen (secondary N) is 1. The molecule has 0 aliphatic heterocycles. The highest BCUT2D eigenvalue weighted by atomic mass is 35.5. The van der Waals surface area contributed by atoms with E-state index >= 15 is 0 Å². The summed E-state index contributed by atoms with van der Waals surface area (Å²) in [6, 6.07) is 6.69. The van der Waals surface area contributed by atoms with Crippen LogP contribution < -0.4 is 10.2 Å². The first-order chi connectivity index (χ1) is 9.88. The molecule has 0 unspecified atom stereocenters. The Hall–Kier alpha value is -2.14. The standard InChI is InChI=1S/C15H15ClFN3O/c1-9-6-11(20(2)3)4-5-13(9)19-15(21)12-7-10(17)8-18-14(12)16/h4-8H,1-3H3,(H,19,21). The molecule has 0 bridgehead atoms. The minimum atomic E-state index is -0.607. The summed E-state index contributed by atoms with van der Waals surface area (Å²) in [5.41, 5.74) is 2.57. The molecule has 110 valence electrons. The Morgan fingerprint density at radius 3 is 2.67 bits per heavy atom. The van der Waals surface area contributed by atoms with Crippen LogP contribution in [0.5, 0.6) is 0 Å². The van der Waals surface area contributed by atoms with E-state index in [0.29, 0.717) is 5.69 Å². The molecule has 2 rings (SSSR count). The average molecular weight is 308 g/mol. The van der Waals surface area contributed by atoms with E-state index in [-0.39, 0.29) is 10.7 Å². The Labute approximate surface area is 127 Å². The maximum absolute atomic E-state index is 13.2. The highest BCUT2D eigenvalue weighted by Crippen LogP contribution is 2.23. The lowest BCUT2D eigenvalue weighted by molar-refractivity contribution is 0.102. The molecule has 1 amide bonds. The highest BCUT2D eigenvalue weighted by molar-refractivity contribution is 6.33. The van der Waals surface area contributed by atoms with Gasteiger partial charge in [0.15, 0.2) is 0 Å². The van der Waals surface area contributed by atoms with Gasteiger partial charge in [-0.15, -0.1) is 0 Å². The quantitative estimate of drug-likeness (QED) is 0.883. The van der Waals surface area contributed by atoms with Crippen molar-refractivity contribution >= 4 is 28.9 Å². The smallest absolute Gasteiger partial charge is 0.258 e. The molecule has 1 aromatic carbocycles. The largest absolute Gasteiger partial charge is 0.378 e. The van der Waals surface area contributed by atoms with Crippen molar-refractivity contribution in [2.75, 3.05) is 24.3 Å². The Morgan fingerprint density at radius 1 is 1.33 bits per heavy atom. The number of anilines is 2. The van der Waals surface area contributed by atoms with Crippen LogP contribution in [0.2, 0.25) is 5.15 Å². The summed E-state index contributed by atoms with van der Waals surface area (Å²) in [5.74, 6) is -1.10. The summed E-state index contributed by atoms with van der Waals surface area (Å²) in [7, 11) is 3.87. The van der Waals surface area contributed by atoms with Crippen molar-refractivity contribution in [2.24, 2.45) is 0 Å². The number of pyridine rings is 1. The Morgan fingerprint density at radius 2 is 2.05 bits per heavy atom. The summed E-state index contributed by atoms with van der Waals surface area (Å²) in [6.45, 7) is 1.88. The monoisotopic (exact) mass is 307 g/mol. The molecule has 2 aromatic rings. The number of nitrogens with zero attached hydrogens (tertiary/aromatic N) is 2. The maximum Gasteiger partial charge on any atom is 0.258 e. The van der Waals surface area contributed by atoms with Crippen LogP contribution in [0.15, 0.2) is 30.5 Å². The molecule has 1 N–H and O–H groups in total. The van der Waals surface area contributed by atoms with Gasteiger partial charge >= 0.3 is 0 Å².